The van der Waals surface area contributed by atoms with E-state index in [4.69, 9.17) is 23.7 Å². The number of aromatic nitrogens is 1. The van der Waals surface area contributed by atoms with Crippen molar-refractivity contribution in [3.63, 3.8) is 0 Å². The van der Waals surface area contributed by atoms with E-state index in [1.54, 1.807) is 64.5 Å². The fraction of sp³-hybridized carbons (Fsp3) is 0.300. The number of methoxy groups -OCH3 is 2. The van der Waals surface area contributed by atoms with Crippen LogP contribution in [0, 0.1) is 0 Å². The summed E-state index contributed by atoms with van der Waals surface area (Å²) in [5.74, 6) is 1.62. The normalized spacial score (nSPS) is 14.7. The number of carbonyl (C=O) groups excluding carboxylic acids is 1. The Balaban J connectivity index is 1.90. The summed E-state index contributed by atoms with van der Waals surface area (Å²) in [6, 6.07) is 10.0. The minimum atomic E-state index is -0.772. The summed E-state index contributed by atoms with van der Waals surface area (Å²) in [6.07, 6.45) is 3.42. The molecule has 1 atom stereocenters. The fourth-order valence-corrected chi connectivity index (χ4v) is 5.48. The zero-order chi connectivity index (χ0) is 28.8. The number of hydrogen-bond acceptors (Lipinski definition) is 9. The van der Waals surface area contributed by atoms with Gasteiger partial charge in [0.1, 0.15) is 6.61 Å². The molecule has 0 amide bonds. The van der Waals surface area contributed by atoms with Gasteiger partial charge in [-0.1, -0.05) is 36.1 Å². The Kier molecular flexibility index (Phi) is 9.11. The van der Waals surface area contributed by atoms with Crippen molar-refractivity contribution in [1.82, 2.24) is 4.57 Å². The van der Waals surface area contributed by atoms with Crippen LogP contribution >= 0.6 is 11.3 Å². The summed E-state index contributed by atoms with van der Waals surface area (Å²) < 4.78 is 29.7. The van der Waals surface area contributed by atoms with E-state index in [2.05, 4.69) is 11.6 Å². The summed E-state index contributed by atoms with van der Waals surface area (Å²) in [4.78, 5) is 32.2. The van der Waals surface area contributed by atoms with Gasteiger partial charge in [-0.05, 0) is 62.2 Å². The quantitative estimate of drug-likeness (QED) is 0.258. The van der Waals surface area contributed by atoms with E-state index < -0.39 is 12.0 Å². The number of carbonyl (C=O) groups is 1. The number of nitrogens with zero attached hydrogens (tertiary/aromatic N) is 2. The van der Waals surface area contributed by atoms with Gasteiger partial charge in [0.05, 0.1) is 49.3 Å². The number of rotatable bonds is 11. The molecule has 0 spiro atoms. The largest absolute Gasteiger partial charge is 0.493 e. The zero-order valence-corrected chi connectivity index (χ0v) is 24.0. The Labute approximate surface area is 236 Å². The second kappa shape index (κ2) is 12.7. The number of allylic oxidation sites excluding steroid dienone is 1. The van der Waals surface area contributed by atoms with E-state index >= 15 is 0 Å². The molecule has 3 aromatic rings. The third-order valence-corrected chi connectivity index (χ3v) is 7.15. The van der Waals surface area contributed by atoms with Gasteiger partial charge in [-0.2, -0.15) is 0 Å². The molecule has 2 aromatic carbocycles. The molecule has 0 radical (unpaired) electrons. The highest BCUT2D eigenvalue weighted by Crippen LogP contribution is 2.36. The monoisotopic (exact) mass is 564 g/mol. The molecule has 0 aliphatic carbocycles. The van der Waals surface area contributed by atoms with Crippen LogP contribution in [-0.2, 0) is 9.53 Å². The van der Waals surface area contributed by atoms with Crippen LogP contribution in [0.2, 0.25) is 0 Å². The van der Waals surface area contributed by atoms with E-state index in [1.807, 2.05) is 19.1 Å². The van der Waals surface area contributed by atoms with Crippen LogP contribution in [0.5, 0.6) is 23.0 Å². The van der Waals surface area contributed by atoms with Crippen LogP contribution in [0.4, 0.5) is 0 Å². The standard InChI is InChI=1S/C30H32N2O7S/c1-7-14-39-22-12-10-19(15-23(22)36-6)16-25-28(33)32-27(20-11-13-21(35-5)24(17-20)37-8-2)26(29(34)38-9-3)18(4)31-30(32)40-25/h7,10-13,15-17,27H,1,8-9,14H2,2-6H3/b25-16+/t27-/m0/s1. The third-order valence-electron chi connectivity index (χ3n) is 6.16. The second-order valence-electron chi connectivity index (χ2n) is 8.66. The van der Waals surface area contributed by atoms with Crippen molar-refractivity contribution < 1.29 is 28.5 Å². The Hall–Kier alpha value is -4.31. The molecule has 210 valence electrons. The average Bonchev–Trinajstić information content (AvgIpc) is 3.25. The first-order valence-electron chi connectivity index (χ1n) is 12.8. The minimum absolute atomic E-state index is 0.188. The molecule has 1 aliphatic heterocycles. The smallest absolute Gasteiger partial charge is 0.338 e. The summed E-state index contributed by atoms with van der Waals surface area (Å²) >= 11 is 1.24. The van der Waals surface area contributed by atoms with Crippen molar-refractivity contribution in [2.75, 3.05) is 34.0 Å². The average molecular weight is 565 g/mol. The van der Waals surface area contributed by atoms with Crippen LogP contribution < -0.4 is 33.8 Å². The highest BCUT2D eigenvalue weighted by atomic mass is 32.1. The number of hydrogen-bond donors (Lipinski definition) is 0. The number of benzene rings is 2. The van der Waals surface area contributed by atoms with E-state index in [9.17, 15) is 9.59 Å². The molecule has 9 nitrogen and oxygen atoms in total. The van der Waals surface area contributed by atoms with Crippen molar-refractivity contribution in [3.05, 3.63) is 91.1 Å². The molecular weight excluding hydrogens is 532 g/mol. The molecule has 0 fully saturated rings. The van der Waals surface area contributed by atoms with E-state index in [1.165, 1.54) is 15.9 Å². The Morgan fingerprint density at radius 1 is 1.02 bits per heavy atom. The van der Waals surface area contributed by atoms with Gasteiger partial charge in [0, 0.05) is 0 Å². The van der Waals surface area contributed by atoms with Gasteiger partial charge in [-0.3, -0.25) is 9.36 Å². The van der Waals surface area contributed by atoms with Gasteiger partial charge in [0.15, 0.2) is 27.8 Å². The van der Waals surface area contributed by atoms with Crippen molar-refractivity contribution in [2.45, 2.75) is 26.8 Å². The van der Waals surface area contributed by atoms with Crippen LogP contribution in [0.25, 0.3) is 6.08 Å². The van der Waals surface area contributed by atoms with Gasteiger partial charge in [0.25, 0.3) is 5.56 Å². The molecule has 1 aliphatic rings. The van der Waals surface area contributed by atoms with Crippen LogP contribution in [0.3, 0.4) is 0 Å². The highest BCUT2D eigenvalue weighted by molar-refractivity contribution is 7.07. The number of thiazole rings is 1. The third kappa shape index (κ3) is 5.67. The van der Waals surface area contributed by atoms with Gasteiger partial charge in [-0.25, -0.2) is 9.79 Å². The predicted octanol–water partition coefficient (Wildman–Crippen LogP) is 3.78. The maximum Gasteiger partial charge on any atom is 0.338 e. The molecule has 0 bridgehead atoms. The molecule has 0 N–H and O–H groups in total. The molecule has 1 aromatic heterocycles. The molecule has 10 heteroatoms. The predicted molar refractivity (Wildman–Crippen MR) is 153 cm³/mol. The molecule has 0 unspecified atom stereocenters. The zero-order valence-electron chi connectivity index (χ0n) is 23.2. The first kappa shape index (κ1) is 28.7. The molecule has 0 saturated carbocycles. The number of fused-ring (bicyclic) bond motifs is 1. The Morgan fingerprint density at radius 3 is 2.45 bits per heavy atom. The van der Waals surface area contributed by atoms with Crippen LogP contribution in [0.1, 0.15) is 37.9 Å². The summed E-state index contributed by atoms with van der Waals surface area (Å²) in [7, 11) is 3.11. The van der Waals surface area contributed by atoms with Crippen molar-refractivity contribution >= 4 is 23.4 Å². The number of esters is 1. The highest BCUT2D eigenvalue weighted by Gasteiger charge is 2.34. The summed E-state index contributed by atoms with van der Waals surface area (Å²) in [5.41, 5.74) is 1.89. The topological polar surface area (TPSA) is 97.6 Å². The summed E-state index contributed by atoms with van der Waals surface area (Å²) in [5, 5.41) is 0. The van der Waals surface area contributed by atoms with Gasteiger partial charge in [-0.15, -0.1) is 0 Å². The minimum Gasteiger partial charge on any atom is -0.493 e. The lowest BCUT2D eigenvalue weighted by Gasteiger charge is -2.25. The molecule has 4 rings (SSSR count). The maximum atomic E-state index is 13.9. The molecule has 40 heavy (non-hydrogen) atoms. The van der Waals surface area contributed by atoms with Gasteiger partial charge in [0.2, 0.25) is 0 Å². The van der Waals surface area contributed by atoms with Gasteiger partial charge < -0.3 is 23.7 Å². The number of ether oxygens (including phenoxy) is 5. The molecular formula is C30H32N2O7S. The first-order valence-corrected chi connectivity index (χ1v) is 13.6. The summed E-state index contributed by atoms with van der Waals surface area (Å²) in [6.45, 7) is 9.97. The second-order valence-corrected chi connectivity index (χ2v) is 9.66. The lowest BCUT2D eigenvalue weighted by atomic mass is 9.95. The van der Waals surface area contributed by atoms with Crippen molar-refractivity contribution in [1.29, 1.82) is 0 Å². The SMILES string of the molecule is C=CCOc1ccc(/C=c2/sc3n(c2=O)[C@@H](c2ccc(OC)c(OCC)c2)C(C(=O)OCC)=C(C)N=3)cc1OC. The van der Waals surface area contributed by atoms with Gasteiger partial charge >= 0.3 is 5.97 Å². The Morgan fingerprint density at radius 2 is 1.77 bits per heavy atom. The van der Waals surface area contributed by atoms with Crippen molar-refractivity contribution in [2.24, 2.45) is 4.99 Å². The van der Waals surface area contributed by atoms with Crippen molar-refractivity contribution in [3.8, 4) is 23.0 Å². The molecule has 2 heterocycles. The molecule has 0 saturated heterocycles. The van der Waals surface area contributed by atoms with E-state index in [-0.39, 0.29) is 12.2 Å². The van der Waals surface area contributed by atoms with Crippen LogP contribution in [0.15, 0.2) is 70.1 Å². The van der Waals surface area contributed by atoms with E-state index in [0.29, 0.717) is 62.4 Å². The fourth-order valence-electron chi connectivity index (χ4n) is 4.43. The van der Waals surface area contributed by atoms with Crippen LogP contribution in [-0.4, -0.2) is 44.6 Å². The lowest BCUT2D eigenvalue weighted by Crippen LogP contribution is -2.40. The lowest BCUT2D eigenvalue weighted by molar-refractivity contribution is -0.139. The maximum absolute atomic E-state index is 13.9. The Bertz CT molecular complexity index is 1630. The van der Waals surface area contributed by atoms with E-state index in [0.717, 1.165) is 5.56 Å². The first-order chi connectivity index (χ1) is 19.4.